The van der Waals surface area contributed by atoms with Gasteiger partial charge in [0.1, 0.15) is 5.75 Å². The minimum absolute atomic E-state index is 0.0732. The van der Waals surface area contributed by atoms with E-state index in [-0.39, 0.29) is 18.5 Å². The Morgan fingerprint density at radius 2 is 1.67 bits per heavy atom. The third kappa shape index (κ3) is 11.1. The number of benzene rings is 2. The lowest BCUT2D eigenvalue weighted by molar-refractivity contribution is -0.139. The monoisotopic (exact) mass is 391 g/mol. The molecule has 7 N–H and O–H groups in total. The molecule has 0 aliphatic heterocycles. The first-order valence-corrected chi connectivity index (χ1v) is 8.28. The molecule has 27 heavy (non-hydrogen) atoms. The van der Waals surface area contributed by atoms with E-state index in [1.54, 1.807) is 24.3 Å². The van der Waals surface area contributed by atoms with E-state index < -0.39 is 5.97 Å². The molecule has 2 rings (SSSR count). The van der Waals surface area contributed by atoms with Crippen LogP contribution in [0.4, 0.5) is 0 Å². The number of carbonyl (C=O) groups is 1. The number of carboxylic acid groups (broad SMARTS) is 1. The summed E-state index contributed by atoms with van der Waals surface area (Å²) in [5.41, 5.74) is 16.9. The Balaban J connectivity index is 0.000000277. The molecule has 144 valence electrons. The molecule has 0 bridgehead atoms. The molecule has 0 aliphatic carbocycles. The zero-order valence-corrected chi connectivity index (χ0v) is 15.3. The number of hydrogen-bond donors (Lipinski definition) is 4. The topological polar surface area (TPSA) is 149 Å². The number of aliphatic carboxylic acids is 1. The Morgan fingerprint density at radius 3 is 2.22 bits per heavy atom. The van der Waals surface area contributed by atoms with Gasteiger partial charge in [-0.15, -0.1) is 0 Å². The molecular weight excluding hydrogens is 370 g/mol. The molecular formula is C18H22ClN5O3. The van der Waals surface area contributed by atoms with E-state index in [1.165, 1.54) is 5.56 Å². The molecule has 8 nitrogen and oxygen atoms in total. The van der Waals surface area contributed by atoms with Gasteiger partial charge in [0.05, 0.1) is 0 Å². The van der Waals surface area contributed by atoms with Gasteiger partial charge in [0.2, 0.25) is 5.96 Å². The lowest BCUT2D eigenvalue weighted by Gasteiger charge is -2.01. The minimum atomic E-state index is -0.995. The van der Waals surface area contributed by atoms with Crippen molar-refractivity contribution in [2.24, 2.45) is 27.2 Å². The average Bonchev–Trinajstić information content (AvgIpc) is 2.62. The molecule has 2 aromatic carbocycles. The van der Waals surface area contributed by atoms with E-state index in [1.807, 2.05) is 30.3 Å². The summed E-state index contributed by atoms with van der Waals surface area (Å²) in [6.45, 7) is 0.244. The van der Waals surface area contributed by atoms with Gasteiger partial charge in [0.25, 0.3) is 0 Å². The summed E-state index contributed by atoms with van der Waals surface area (Å²) in [4.78, 5) is 17.7. The normalized spacial score (nSPS) is 10.3. The van der Waals surface area contributed by atoms with Crippen molar-refractivity contribution in [3.63, 3.8) is 0 Å². The summed E-state index contributed by atoms with van der Waals surface area (Å²) in [7, 11) is 0. The molecule has 0 spiro atoms. The fourth-order valence-corrected chi connectivity index (χ4v) is 1.91. The summed E-state index contributed by atoms with van der Waals surface area (Å²) >= 11 is 5.60. The van der Waals surface area contributed by atoms with Gasteiger partial charge < -0.3 is 27.0 Å². The van der Waals surface area contributed by atoms with E-state index in [0.717, 1.165) is 6.42 Å². The van der Waals surface area contributed by atoms with Crippen LogP contribution in [0.2, 0.25) is 5.02 Å². The maximum absolute atomic E-state index is 10.1. The fourth-order valence-electron chi connectivity index (χ4n) is 1.79. The molecule has 0 aliphatic rings. The van der Waals surface area contributed by atoms with Crippen molar-refractivity contribution in [3.8, 4) is 5.75 Å². The highest BCUT2D eigenvalue weighted by molar-refractivity contribution is 6.30. The Bertz CT molecular complexity index is 760. The second-order valence-electron chi connectivity index (χ2n) is 5.15. The molecule has 0 atom stereocenters. The molecule has 0 saturated heterocycles. The van der Waals surface area contributed by atoms with E-state index >= 15 is 0 Å². The van der Waals surface area contributed by atoms with Gasteiger partial charge in [-0.2, -0.15) is 4.99 Å². The second-order valence-corrected chi connectivity index (χ2v) is 5.58. The van der Waals surface area contributed by atoms with Crippen molar-refractivity contribution in [1.82, 2.24) is 0 Å². The van der Waals surface area contributed by atoms with Crippen molar-refractivity contribution in [3.05, 3.63) is 65.2 Å². The largest absolute Gasteiger partial charge is 0.482 e. The lowest BCUT2D eigenvalue weighted by Crippen LogP contribution is -2.26. The fraction of sp³-hybridized carbons (Fsp3) is 0.167. The standard InChI is InChI=1S/C10H15N5.C8H7ClO3/c11-9(12)15-10(13)14-7-6-8-4-2-1-3-5-8;9-6-1-3-7(4-2-6)12-5-8(10)11/h1-5H,6-7H2,(H6,11,12,13,14,15);1-4H,5H2,(H,10,11). The lowest BCUT2D eigenvalue weighted by atomic mass is 10.2. The Hall–Kier alpha value is -3.26. The summed E-state index contributed by atoms with van der Waals surface area (Å²) in [5.74, 6) is -0.450. The number of nitrogens with zero attached hydrogens (tertiary/aromatic N) is 2. The van der Waals surface area contributed by atoms with Crippen molar-refractivity contribution in [1.29, 1.82) is 0 Å². The second kappa shape index (κ2) is 12.2. The van der Waals surface area contributed by atoms with E-state index in [9.17, 15) is 4.79 Å². The van der Waals surface area contributed by atoms with E-state index in [2.05, 4.69) is 9.98 Å². The predicted octanol–water partition coefficient (Wildman–Crippen LogP) is 1.62. The molecule has 0 aromatic heterocycles. The summed E-state index contributed by atoms with van der Waals surface area (Å²) in [6, 6.07) is 16.5. The number of guanidine groups is 2. The molecule has 0 radical (unpaired) electrons. The van der Waals surface area contributed by atoms with Crippen LogP contribution in [0.1, 0.15) is 5.56 Å². The molecule has 2 aromatic rings. The Labute approximate surface area is 162 Å². The number of aliphatic imine (C=N–C) groups is 2. The van der Waals surface area contributed by atoms with Crippen LogP contribution in [0.3, 0.4) is 0 Å². The van der Waals surface area contributed by atoms with E-state index in [0.29, 0.717) is 17.3 Å². The van der Waals surface area contributed by atoms with Crippen LogP contribution in [-0.2, 0) is 11.2 Å². The summed E-state index contributed by atoms with van der Waals surface area (Å²) in [5, 5.41) is 8.87. The SMILES string of the molecule is NC(N)=NC(N)=NCCc1ccccc1.O=C(O)COc1ccc(Cl)cc1. The summed E-state index contributed by atoms with van der Waals surface area (Å²) in [6.07, 6.45) is 0.821. The first-order chi connectivity index (χ1) is 12.9. The zero-order chi connectivity index (χ0) is 20.1. The van der Waals surface area contributed by atoms with Gasteiger partial charge >= 0.3 is 5.97 Å². The van der Waals surface area contributed by atoms with Gasteiger partial charge in [-0.3, -0.25) is 4.99 Å². The first kappa shape index (κ1) is 21.8. The minimum Gasteiger partial charge on any atom is -0.482 e. The molecule has 0 amide bonds. The number of hydrogen-bond acceptors (Lipinski definition) is 3. The van der Waals surface area contributed by atoms with Crippen LogP contribution in [-0.4, -0.2) is 36.1 Å². The van der Waals surface area contributed by atoms with Crippen molar-refractivity contribution in [2.45, 2.75) is 6.42 Å². The molecule has 9 heteroatoms. The van der Waals surface area contributed by atoms with Crippen LogP contribution in [0.25, 0.3) is 0 Å². The van der Waals surface area contributed by atoms with Crippen LogP contribution in [0, 0.1) is 0 Å². The number of ether oxygens (including phenoxy) is 1. The van der Waals surface area contributed by atoms with Gasteiger partial charge in [-0.1, -0.05) is 41.9 Å². The number of nitrogens with two attached hydrogens (primary N) is 3. The Morgan fingerprint density at radius 1 is 1.04 bits per heavy atom. The summed E-state index contributed by atoms with van der Waals surface area (Å²) < 4.78 is 4.86. The van der Waals surface area contributed by atoms with Crippen LogP contribution in [0.5, 0.6) is 5.75 Å². The third-order valence-corrected chi connectivity index (χ3v) is 3.19. The highest BCUT2D eigenvalue weighted by atomic mass is 35.5. The van der Waals surface area contributed by atoms with Gasteiger partial charge in [-0.25, -0.2) is 4.79 Å². The van der Waals surface area contributed by atoms with Gasteiger partial charge in [0, 0.05) is 11.6 Å². The van der Waals surface area contributed by atoms with Crippen molar-refractivity contribution in [2.75, 3.05) is 13.2 Å². The third-order valence-electron chi connectivity index (χ3n) is 2.94. The highest BCUT2D eigenvalue weighted by Crippen LogP contribution is 2.15. The average molecular weight is 392 g/mol. The van der Waals surface area contributed by atoms with Crippen LogP contribution >= 0.6 is 11.6 Å². The van der Waals surface area contributed by atoms with Gasteiger partial charge in [0.15, 0.2) is 12.6 Å². The van der Waals surface area contributed by atoms with Crippen LogP contribution in [0.15, 0.2) is 64.6 Å². The molecule has 0 unspecified atom stereocenters. The highest BCUT2D eigenvalue weighted by Gasteiger charge is 1.97. The predicted molar refractivity (Wildman–Crippen MR) is 107 cm³/mol. The number of rotatable bonds is 6. The van der Waals surface area contributed by atoms with Crippen molar-refractivity contribution < 1.29 is 14.6 Å². The maximum atomic E-state index is 10.1. The quantitative estimate of drug-likeness (QED) is 0.434. The van der Waals surface area contributed by atoms with Crippen molar-refractivity contribution >= 4 is 29.5 Å². The van der Waals surface area contributed by atoms with Gasteiger partial charge in [-0.05, 0) is 36.2 Å². The van der Waals surface area contributed by atoms with E-state index in [4.69, 9.17) is 38.6 Å². The zero-order valence-electron chi connectivity index (χ0n) is 14.6. The number of halogens is 1. The Kier molecular flexibility index (Phi) is 9.80. The first-order valence-electron chi connectivity index (χ1n) is 7.90. The molecule has 0 heterocycles. The molecule has 0 saturated carbocycles. The smallest absolute Gasteiger partial charge is 0.341 e. The maximum Gasteiger partial charge on any atom is 0.341 e. The number of carboxylic acids is 1. The van der Waals surface area contributed by atoms with Crippen LogP contribution < -0.4 is 21.9 Å². The molecule has 0 fully saturated rings.